The van der Waals surface area contributed by atoms with E-state index in [2.05, 4.69) is 17.5 Å². The molecule has 0 saturated carbocycles. The van der Waals surface area contributed by atoms with Crippen molar-refractivity contribution in [1.82, 2.24) is 10.3 Å². The van der Waals surface area contributed by atoms with Crippen LogP contribution in [0.4, 0.5) is 10.6 Å². The van der Waals surface area contributed by atoms with Gasteiger partial charge in [0.25, 0.3) is 0 Å². The van der Waals surface area contributed by atoms with Crippen LogP contribution in [-0.4, -0.2) is 52.9 Å². The molecule has 4 N–H and O–H groups in total. The highest BCUT2D eigenvalue weighted by molar-refractivity contribution is 8.00. The number of alkyl carbamates (subject to hydrolysis) is 1. The largest absolute Gasteiger partial charge is 0.444 e. The lowest BCUT2D eigenvalue weighted by Gasteiger charge is -2.39. The molecule has 1 aliphatic heterocycles. The molecular formula is C28H34N6O4S. The van der Waals surface area contributed by atoms with Crippen LogP contribution in [0.1, 0.15) is 68.0 Å². The molecule has 2 heterocycles. The van der Waals surface area contributed by atoms with Crippen molar-refractivity contribution in [3.05, 3.63) is 52.6 Å². The van der Waals surface area contributed by atoms with Gasteiger partial charge >= 0.3 is 6.09 Å². The van der Waals surface area contributed by atoms with Crippen LogP contribution in [0, 0.1) is 22.7 Å². The number of carbonyl (C=O) groups is 2. The van der Waals surface area contributed by atoms with Crippen LogP contribution in [0.25, 0.3) is 0 Å². The number of amides is 2. The summed E-state index contributed by atoms with van der Waals surface area (Å²) in [6.45, 7) is 7.91. The summed E-state index contributed by atoms with van der Waals surface area (Å²) in [5.41, 5.74) is 5.72. The standard InChI is InChI=1S/C28H34N6O4S/c1-5-19-20(15-29)24(34-13-11-28(37,12-14-34)17-32-26(36)38-27(2,3)4)33-25(21(19)16-30)39-22(23(31)35)18-9-7-6-8-10-18/h6-10,22,37H,5,11-14,17H2,1-4H3,(H2,31,35)(H,32,36). The number of nitriles is 2. The number of aromatic nitrogens is 1. The lowest BCUT2D eigenvalue weighted by atomic mass is 9.91. The first-order valence-electron chi connectivity index (χ1n) is 12.7. The number of nitrogens with two attached hydrogens (primary N) is 1. The molecular weight excluding hydrogens is 516 g/mol. The first kappa shape index (κ1) is 29.8. The minimum absolute atomic E-state index is 0.0281. The van der Waals surface area contributed by atoms with E-state index in [1.807, 2.05) is 17.9 Å². The van der Waals surface area contributed by atoms with Gasteiger partial charge < -0.3 is 25.8 Å². The molecule has 1 aromatic carbocycles. The summed E-state index contributed by atoms with van der Waals surface area (Å²) >= 11 is 1.09. The summed E-state index contributed by atoms with van der Waals surface area (Å²) in [5.74, 6) is -0.171. The maximum Gasteiger partial charge on any atom is 0.407 e. The van der Waals surface area contributed by atoms with E-state index in [4.69, 9.17) is 15.5 Å². The van der Waals surface area contributed by atoms with E-state index < -0.39 is 28.5 Å². The van der Waals surface area contributed by atoms with Gasteiger partial charge in [0.1, 0.15) is 33.8 Å². The number of hydrogen-bond donors (Lipinski definition) is 3. The average Bonchev–Trinajstić information content (AvgIpc) is 2.89. The van der Waals surface area contributed by atoms with Gasteiger partial charge in [0.05, 0.1) is 16.7 Å². The highest BCUT2D eigenvalue weighted by atomic mass is 32.2. The third-order valence-electron chi connectivity index (χ3n) is 6.37. The Morgan fingerprint density at radius 1 is 1.21 bits per heavy atom. The van der Waals surface area contributed by atoms with Crippen LogP contribution in [0.3, 0.4) is 0 Å². The summed E-state index contributed by atoms with van der Waals surface area (Å²) < 4.78 is 5.26. The van der Waals surface area contributed by atoms with Gasteiger partial charge in [-0.1, -0.05) is 49.0 Å². The van der Waals surface area contributed by atoms with Gasteiger partial charge in [0.15, 0.2) is 0 Å². The van der Waals surface area contributed by atoms with Gasteiger partial charge in [-0.2, -0.15) is 10.5 Å². The van der Waals surface area contributed by atoms with Crippen molar-refractivity contribution in [1.29, 1.82) is 10.5 Å². The third-order valence-corrected chi connectivity index (χ3v) is 7.63. The summed E-state index contributed by atoms with van der Waals surface area (Å²) in [7, 11) is 0. The van der Waals surface area contributed by atoms with Crippen molar-refractivity contribution >= 4 is 29.6 Å². The molecule has 0 bridgehead atoms. The van der Waals surface area contributed by atoms with Gasteiger partial charge in [-0.15, -0.1) is 0 Å². The summed E-state index contributed by atoms with van der Waals surface area (Å²) in [4.78, 5) is 31.1. The predicted octanol–water partition coefficient (Wildman–Crippen LogP) is 3.56. The van der Waals surface area contributed by atoms with E-state index in [0.29, 0.717) is 59.9 Å². The number of carbonyl (C=O) groups excluding carboxylic acids is 2. The summed E-state index contributed by atoms with van der Waals surface area (Å²) in [6.07, 6.45) is 0.440. The molecule has 2 amide bonds. The lowest BCUT2D eigenvalue weighted by Crippen LogP contribution is -2.51. The van der Waals surface area contributed by atoms with Gasteiger partial charge in [-0.25, -0.2) is 9.78 Å². The molecule has 0 aliphatic carbocycles. The Hall–Kier alpha value is -3.80. The zero-order valence-electron chi connectivity index (χ0n) is 22.7. The van der Waals surface area contributed by atoms with Crippen LogP contribution < -0.4 is 16.0 Å². The molecule has 1 saturated heterocycles. The molecule has 1 fully saturated rings. The number of benzene rings is 1. The van der Waals surface area contributed by atoms with Crippen molar-refractivity contribution in [2.45, 2.75) is 68.4 Å². The van der Waals surface area contributed by atoms with Gasteiger partial charge in [-0.3, -0.25) is 4.79 Å². The number of piperidine rings is 1. The minimum atomic E-state index is -1.15. The van der Waals surface area contributed by atoms with Crippen LogP contribution in [0.15, 0.2) is 35.4 Å². The average molecular weight is 551 g/mol. The van der Waals surface area contributed by atoms with E-state index in [9.17, 15) is 25.2 Å². The van der Waals surface area contributed by atoms with Crippen molar-refractivity contribution in [2.75, 3.05) is 24.5 Å². The van der Waals surface area contributed by atoms with E-state index in [1.54, 1.807) is 45.0 Å². The molecule has 1 atom stereocenters. The Morgan fingerprint density at radius 2 is 1.82 bits per heavy atom. The molecule has 11 heteroatoms. The Kier molecular flexibility index (Phi) is 9.44. The Labute approximate surface area is 233 Å². The Balaban J connectivity index is 1.89. The highest BCUT2D eigenvalue weighted by Gasteiger charge is 2.35. The quantitative estimate of drug-likeness (QED) is 0.417. The molecule has 1 aromatic heterocycles. The molecule has 3 rings (SSSR count). The molecule has 2 aromatic rings. The number of nitrogens with zero attached hydrogens (tertiary/aromatic N) is 4. The zero-order chi connectivity index (χ0) is 28.8. The van der Waals surface area contributed by atoms with Crippen LogP contribution in [-0.2, 0) is 16.0 Å². The molecule has 39 heavy (non-hydrogen) atoms. The second-order valence-electron chi connectivity index (χ2n) is 10.4. The van der Waals surface area contributed by atoms with Crippen LogP contribution >= 0.6 is 11.8 Å². The minimum Gasteiger partial charge on any atom is -0.444 e. The van der Waals surface area contributed by atoms with Gasteiger partial charge in [0, 0.05) is 19.6 Å². The van der Waals surface area contributed by atoms with Gasteiger partial charge in [-0.05, 0) is 51.2 Å². The van der Waals surface area contributed by atoms with Crippen molar-refractivity contribution in [3.63, 3.8) is 0 Å². The summed E-state index contributed by atoms with van der Waals surface area (Å²) in [6, 6.07) is 13.4. The number of thioether (sulfide) groups is 1. The monoisotopic (exact) mass is 550 g/mol. The van der Waals surface area contributed by atoms with Crippen molar-refractivity contribution in [3.8, 4) is 12.1 Å². The number of hydrogen-bond acceptors (Lipinski definition) is 9. The number of anilines is 1. The topological polar surface area (TPSA) is 165 Å². The fraction of sp³-hybridized carbons (Fsp3) is 0.464. The molecule has 0 spiro atoms. The normalized spacial score (nSPS) is 15.5. The maximum absolute atomic E-state index is 12.4. The molecule has 1 aliphatic rings. The van der Waals surface area contributed by atoms with E-state index in [-0.39, 0.29) is 12.1 Å². The van der Waals surface area contributed by atoms with Crippen molar-refractivity contribution in [2.24, 2.45) is 5.73 Å². The van der Waals surface area contributed by atoms with E-state index in [1.165, 1.54) is 0 Å². The first-order valence-corrected chi connectivity index (χ1v) is 13.6. The fourth-order valence-electron chi connectivity index (χ4n) is 4.39. The third kappa shape index (κ3) is 7.41. The highest BCUT2D eigenvalue weighted by Crippen LogP contribution is 2.40. The molecule has 1 unspecified atom stereocenters. The summed E-state index contributed by atoms with van der Waals surface area (Å²) in [5, 5.41) is 33.3. The van der Waals surface area contributed by atoms with Crippen LogP contribution in [0.2, 0.25) is 0 Å². The van der Waals surface area contributed by atoms with Crippen LogP contribution in [0.5, 0.6) is 0 Å². The number of nitrogens with one attached hydrogen (secondary N) is 1. The Bertz CT molecular complexity index is 1290. The van der Waals surface area contributed by atoms with Gasteiger partial charge in [0.2, 0.25) is 5.91 Å². The van der Waals surface area contributed by atoms with E-state index in [0.717, 1.165) is 11.8 Å². The molecule has 206 valence electrons. The number of rotatable bonds is 8. The maximum atomic E-state index is 12.4. The number of ether oxygens (including phenoxy) is 1. The number of aliphatic hydroxyl groups is 1. The first-order chi connectivity index (χ1) is 18.4. The van der Waals surface area contributed by atoms with Crippen molar-refractivity contribution < 1.29 is 19.4 Å². The second kappa shape index (κ2) is 12.4. The predicted molar refractivity (Wildman–Crippen MR) is 148 cm³/mol. The number of pyridine rings is 1. The Morgan fingerprint density at radius 3 is 2.33 bits per heavy atom. The molecule has 10 nitrogen and oxygen atoms in total. The SMILES string of the molecule is CCc1c(C#N)c(SC(C(N)=O)c2ccccc2)nc(N2CCC(O)(CNC(=O)OC(C)(C)C)CC2)c1C#N. The molecule has 0 radical (unpaired) electrons. The smallest absolute Gasteiger partial charge is 0.407 e. The lowest BCUT2D eigenvalue weighted by molar-refractivity contribution is -0.117. The number of primary amides is 1. The second-order valence-corrected chi connectivity index (χ2v) is 11.5. The van der Waals surface area contributed by atoms with E-state index >= 15 is 0 Å². The fourth-order valence-corrected chi connectivity index (χ4v) is 5.45. The zero-order valence-corrected chi connectivity index (χ0v) is 23.5.